The van der Waals surface area contributed by atoms with Crippen molar-refractivity contribution in [2.24, 2.45) is 0 Å². The molecular formula is C21H27ClN3O9PS. The van der Waals surface area contributed by atoms with E-state index in [1.54, 1.807) is 6.92 Å². The third kappa shape index (κ3) is 6.61. The molecule has 6 atom stereocenters. The summed E-state index contributed by atoms with van der Waals surface area (Å²) in [6.07, 6.45) is -2.59. The summed E-state index contributed by atoms with van der Waals surface area (Å²) in [4.78, 5) is 26.0. The van der Waals surface area contributed by atoms with Crippen molar-refractivity contribution >= 4 is 37.5 Å². The van der Waals surface area contributed by atoms with Gasteiger partial charge in [0.2, 0.25) is 0 Å². The van der Waals surface area contributed by atoms with Crippen LogP contribution in [0.2, 0.25) is 5.02 Å². The lowest BCUT2D eigenvalue weighted by Gasteiger charge is -2.28. The van der Waals surface area contributed by atoms with Crippen molar-refractivity contribution in [1.29, 1.82) is 0 Å². The molecule has 1 aliphatic rings. The van der Waals surface area contributed by atoms with E-state index in [1.807, 2.05) is 0 Å². The van der Waals surface area contributed by atoms with Crippen molar-refractivity contribution in [3.63, 3.8) is 0 Å². The van der Waals surface area contributed by atoms with Gasteiger partial charge in [-0.3, -0.25) is 23.7 Å². The van der Waals surface area contributed by atoms with Crippen molar-refractivity contribution < 1.29 is 38.1 Å². The molecule has 1 aliphatic heterocycles. The zero-order valence-corrected chi connectivity index (χ0v) is 22.1. The van der Waals surface area contributed by atoms with Crippen molar-refractivity contribution in [1.82, 2.24) is 14.6 Å². The van der Waals surface area contributed by atoms with Crippen molar-refractivity contribution in [3.8, 4) is 5.75 Å². The van der Waals surface area contributed by atoms with E-state index in [1.165, 1.54) is 54.9 Å². The molecule has 2 unspecified atom stereocenters. The molecule has 0 spiro atoms. The summed E-state index contributed by atoms with van der Waals surface area (Å²) < 4.78 is 36.6. The van der Waals surface area contributed by atoms with Crippen LogP contribution in [-0.4, -0.2) is 62.8 Å². The van der Waals surface area contributed by atoms with Crippen LogP contribution in [0.4, 0.5) is 0 Å². The lowest BCUT2D eigenvalue weighted by molar-refractivity contribution is -0.144. The number of rotatable bonds is 10. The summed E-state index contributed by atoms with van der Waals surface area (Å²) in [7, 11) is -4.26. The molecular weight excluding hydrogens is 537 g/mol. The number of H-pyrrole nitrogens is 1. The summed E-state index contributed by atoms with van der Waals surface area (Å²) in [6.45, 7) is 3.96. The van der Waals surface area contributed by atoms with Crippen LogP contribution in [0.15, 0.2) is 41.3 Å². The van der Waals surface area contributed by atoms with Gasteiger partial charge in [-0.05, 0) is 57.3 Å². The van der Waals surface area contributed by atoms with Gasteiger partial charge in [0.15, 0.2) is 11.0 Å². The number of nitrogens with zero attached hydrogens (tertiary/aromatic N) is 1. The molecule has 1 aromatic carbocycles. The monoisotopic (exact) mass is 563 g/mol. The lowest BCUT2D eigenvalue weighted by Crippen LogP contribution is -2.45. The largest absolute Gasteiger partial charge is 0.465 e. The minimum atomic E-state index is -4.26. The highest BCUT2D eigenvalue weighted by Gasteiger charge is 2.53. The number of aromatic amines is 1. The maximum atomic E-state index is 13.6. The smallest absolute Gasteiger partial charge is 0.459 e. The van der Waals surface area contributed by atoms with Crippen molar-refractivity contribution in [3.05, 3.63) is 56.7 Å². The predicted octanol–water partition coefficient (Wildman–Crippen LogP) is 2.31. The number of esters is 1. The van der Waals surface area contributed by atoms with Crippen molar-refractivity contribution in [2.75, 3.05) is 13.2 Å². The molecule has 0 bridgehead atoms. The molecule has 0 saturated carbocycles. The van der Waals surface area contributed by atoms with Gasteiger partial charge in [-0.15, -0.1) is 0 Å². The molecule has 0 radical (unpaired) electrons. The Labute approximate surface area is 216 Å². The van der Waals surface area contributed by atoms with Crippen LogP contribution in [0.25, 0.3) is 0 Å². The summed E-state index contributed by atoms with van der Waals surface area (Å²) >= 11 is 11.0. The van der Waals surface area contributed by atoms with E-state index < -0.39 is 56.0 Å². The molecule has 4 N–H and O–H groups in total. The number of carbonyl (C=O) groups excluding carboxylic acids is 1. The normalized spacial score (nSPS) is 26.2. The predicted molar refractivity (Wildman–Crippen MR) is 131 cm³/mol. The minimum absolute atomic E-state index is 0.0387. The standard InChI is InChI=1S/C21H27ClN3O9PS/c1-4-31-18(28)12(2)24-35(30,34-14-7-5-13(22)6-8-14)32-11-15-17(27)21(3,29)19(33-15)25-10-9-16(26)23-20(25)36/h5-10,12,15,17,19,27,29H,4,11H2,1-3H3,(H,24,30)(H,23,26,36)/t12-,15+,17-,19+,21?,35?/m0/s1. The second-order valence-electron chi connectivity index (χ2n) is 8.16. The van der Waals surface area contributed by atoms with E-state index in [0.29, 0.717) is 5.02 Å². The van der Waals surface area contributed by atoms with Crippen LogP contribution in [-0.2, 0) is 23.4 Å². The highest BCUT2D eigenvalue weighted by atomic mass is 35.5. The molecule has 15 heteroatoms. The third-order valence-electron chi connectivity index (χ3n) is 5.30. The second kappa shape index (κ2) is 11.5. The summed E-state index contributed by atoms with van der Waals surface area (Å²) in [5.41, 5.74) is -2.31. The number of carbonyl (C=O) groups is 1. The topological polar surface area (TPSA) is 161 Å². The molecule has 0 aliphatic carbocycles. The summed E-state index contributed by atoms with van der Waals surface area (Å²) in [5.74, 6) is -0.558. The molecule has 2 aromatic rings. The quantitative estimate of drug-likeness (QED) is 0.191. The van der Waals surface area contributed by atoms with Gasteiger partial charge in [-0.1, -0.05) is 11.6 Å². The Kier molecular flexibility index (Phi) is 9.12. The fourth-order valence-electron chi connectivity index (χ4n) is 3.44. The van der Waals surface area contributed by atoms with Gasteiger partial charge in [0.1, 0.15) is 29.6 Å². The fourth-order valence-corrected chi connectivity index (χ4v) is 5.33. The van der Waals surface area contributed by atoms with Gasteiger partial charge in [0.25, 0.3) is 5.56 Å². The SMILES string of the molecule is CCOC(=O)[C@H](C)NP(=O)(OC[C@H]1O[C@@H](n2ccc(=O)[nH]c2=S)C(C)(O)[C@H]1O)Oc1ccc(Cl)cc1. The number of aliphatic hydroxyl groups excluding tert-OH is 1. The van der Waals surface area contributed by atoms with Crippen molar-refractivity contribution in [2.45, 2.75) is 50.8 Å². The van der Waals surface area contributed by atoms with Gasteiger partial charge >= 0.3 is 13.7 Å². The van der Waals surface area contributed by atoms with Crippen LogP contribution >= 0.6 is 31.6 Å². The number of ether oxygens (including phenoxy) is 2. The Balaban J connectivity index is 1.81. The van der Waals surface area contributed by atoms with E-state index in [2.05, 4.69) is 10.1 Å². The van der Waals surface area contributed by atoms with E-state index in [0.717, 1.165) is 0 Å². The van der Waals surface area contributed by atoms with Gasteiger partial charge in [-0.2, -0.15) is 5.09 Å². The molecule has 1 saturated heterocycles. The number of hydrogen-bond acceptors (Lipinski definition) is 10. The van der Waals surface area contributed by atoms with Crippen LogP contribution in [0.1, 0.15) is 27.0 Å². The highest BCUT2D eigenvalue weighted by molar-refractivity contribution is 7.71. The van der Waals surface area contributed by atoms with Crippen LogP contribution in [0.5, 0.6) is 5.75 Å². The first-order chi connectivity index (χ1) is 16.9. The Morgan fingerprint density at radius 1 is 1.39 bits per heavy atom. The highest BCUT2D eigenvalue weighted by Crippen LogP contribution is 2.47. The summed E-state index contributed by atoms with van der Waals surface area (Å²) in [6, 6.07) is 6.03. The van der Waals surface area contributed by atoms with Crippen LogP contribution in [0, 0.1) is 4.77 Å². The molecule has 12 nitrogen and oxygen atoms in total. The number of aromatic nitrogens is 2. The van der Waals surface area contributed by atoms with Gasteiger partial charge in [0.05, 0.1) is 13.2 Å². The zero-order valence-electron chi connectivity index (χ0n) is 19.6. The number of benzene rings is 1. The number of hydrogen-bond donors (Lipinski definition) is 4. The number of nitrogens with one attached hydrogen (secondary N) is 2. The van der Waals surface area contributed by atoms with E-state index in [4.69, 9.17) is 42.3 Å². The molecule has 36 heavy (non-hydrogen) atoms. The summed E-state index contributed by atoms with van der Waals surface area (Å²) in [5, 5.41) is 24.6. The molecule has 1 aromatic heterocycles. The Bertz CT molecular complexity index is 1240. The lowest BCUT2D eigenvalue weighted by atomic mass is 9.96. The molecule has 0 amide bonds. The van der Waals surface area contributed by atoms with Crippen LogP contribution in [0.3, 0.4) is 0 Å². The number of aliphatic hydroxyl groups is 2. The molecule has 198 valence electrons. The van der Waals surface area contributed by atoms with E-state index >= 15 is 0 Å². The van der Waals surface area contributed by atoms with Gasteiger partial charge in [0, 0.05) is 17.3 Å². The zero-order chi connectivity index (χ0) is 26.7. The first kappa shape index (κ1) is 28.5. The maximum Gasteiger partial charge on any atom is 0.459 e. The average Bonchev–Trinajstić information content (AvgIpc) is 3.03. The Morgan fingerprint density at radius 2 is 2.06 bits per heavy atom. The van der Waals surface area contributed by atoms with Crippen LogP contribution < -0.4 is 15.2 Å². The van der Waals surface area contributed by atoms with Gasteiger partial charge in [-0.25, -0.2) is 4.57 Å². The molecule has 2 heterocycles. The third-order valence-corrected chi connectivity index (χ3v) is 7.51. The molecule has 1 fully saturated rings. The van der Waals surface area contributed by atoms with Gasteiger partial charge < -0.3 is 24.2 Å². The first-order valence-electron chi connectivity index (χ1n) is 10.9. The number of halogens is 1. The maximum absolute atomic E-state index is 13.6. The minimum Gasteiger partial charge on any atom is -0.465 e. The first-order valence-corrected chi connectivity index (χ1v) is 13.2. The van der Waals surface area contributed by atoms with E-state index in [-0.39, 0.29) is 17.1 Å². The fraction of sp³-hybridized carbons (Fsp3) is 0.476. The molecule has 3 rings (SSSR count). The average molecular weight is 564 g/mol. The Morgan fingerprint density at radius 3 is 2.67 bits per heavy atom. The second-order valence-corrected chi connectivity index (χ2v) is 10.7. The Hall–Kier alpha value is -2.09. The van der Waals surface area contributed by atoms with E-state index in [9.17, 15) is 24.4 Å².